The highest BCUT2D eigenvalue weighted by molar-refractivity contribution is 6.31. The fraction of sp³-hybridized carbons (Fsp3) is 0.100. The van der Waals surface area contributed by atoms with Crippen molar-refractivity contribution in [3.63, 3.8) is 0 Å². The topological polar surface area (TPSA) is 26.0 Å². The van der Waals surface area contributed by atoms with E-state index in [0.29, 0.717) is 5.69 Å². The molecule has 15 heavy (non-hydrogen) atoms. The van der Waals surface area contributed by atoms with E-state index in [2.05, 4.69) is 4.98 Å². The van der Waals surface area contributed by atoms with Gasteiger partial charge in [0.05, 0.1) is 22.2 Å². The normalized spacial score (nSPS) is 10.6. The zero-order chi connectivity index (χ0) is 10.8. The van der Waals surface area contributed by atoms with Crippen molar-refractivity contribution in [1.82, 2.24) is 4.98 Å². The van der Waals surface area contributed by atoms with E-state index < -0.39 is 5.82 Å². The van der Waals surface area contributed by atoms with Gasteiger partial charge in [-0.15, -0.1) is 11.6 Å². The number of hydrogen-bond donors (Lipinski definition) is 0. The van der Waals surface area contributed by atoms with Crippen molar-refractivity contribution in [3.8, 4) is 11.5 Å². The van der Waals surface area contributed by atoms with Crippen molar-refractivity contribution in [2.75, 3.05) is 0 Å². The Labute approximate surface area is 95.6 Å². The summed E-state index contributed by atoms with van der Waals surface area (Å²) in [6.45, 7) is 0. The van der Waals surface area contributed by atoms with E-state index in [1.165, 1.54) is 12.3 Å². The maximum absolute atomic E-state index is 13.5. The van der Waals surface area contributed by atoms with Crippen LogP contribution in [0.2, 0.25) is 5.02 Å². The van der Waals surface area contributed by atoms with E-state index >= 15 is 0 Å². The number of aromatic nitrogens is 1. The fourth-order valence-electron chi connectivity index (χ4n) is 1.16. The molecule has 0 aliphatic carbocycles. The smallest absolute Gasteiger partial charge is 0.229 e. The first kappa shape index (κ1) is 10.5. The van der Waals surface area contributed by atoms with E-state index in [1.807, 2.05) is 0 Å². The van der Waals surface area contributed by atoms with Crippen molar-refractivity contribution in [1.29, 1.82) is 0 Å². The molecule has 5 heteroatoms. The molecular formula is C10H6Cl2FNO. The summed E-state index contributed by atoms with van der Waals surface area (Å²) in [4.78, 5) is 4.00. The van der Waals surface area contributed by atoms with Gasteiger partial charge in [0.25, 0.3) is 0 Å². The quantitative estimate of drug-likeness (QED) is 0.751. The van der Waals surface area contributed by atoms with Crippen LogP contribution in [0, 0.1) is 5.82 Å². The number of oxazole rings is 1. The largest absolute Gasteiger partial charge is 0.444 e. The lowest BCUT2D eigenvalue weighted by Gasteiger charge is -1.98. The summed E-state index contributed by atoms with van der Waals surface area (Å²) in [5, 5.41) is 0.0399. The van der Waals surface area contributed by atoms with Gasteiger partial charge in [-0.1, -0.05) is 17.7 Å². The molecule has 0 unspecified atom stereocenters. The molecule has 0 radical (unpaired) electrons. The maximum Gasteiger partial charge on any atom is 0.229 e. The minimum absolute atomic E-state index is 0.0399. The van der Waals surface area contributed by atoms with Gasteiger partial charge in [0.1, 0.15) is 6.26 Å². The number of hydrogen-bond acceptors (Lipinski definition) is 2. The van der Waals surface area contributed by atoms with Crippen molar-refractivity contribution in [2.24, 2.45) is 0 Å². The summed E-state index contributed by atoms with van der Waals surface area (Å²) in [7, 11) is 0. The molecule has 1 aromatic carbocycles. The van der Waals surface area contributed by atoms with Crippen LogP contribution in [-0.2, 0) is 5.88 Å². The molecule has 2 nitrogen and oxygen atoms in total. The van der Waals surface area contributed by atoms with Crippen LogP contribution in [0.15, 0.2) is 28.9 Å². The molecule has 0 N–H and O–H groups in total. The van der Waals surface area contributed by atoms with Gasteiger partial charge in [0.15, 0.2) is 5.82 Å². The number of benzene rings is 1. The highest BCUT2D eigenvalue weighted by Gasteiger charge is 2.13. The molecule has 0 aliphatic heterocycles. The Morgan fingerprint density at radius 3 is 2.87 bits per heavy atom. The molecular weight excluding hydrogens is 240 g/mol. The van der Waals surface area contributed by atoms with Crippen LogP contribution in [-0.4, -0.2) is 4.98 Å². The SMILES string of the molecule is Fc1c(Cl)cccc1-c1nc(CCl)co1. The molecule has 0 amide bonds. The maximum atomic E-state index is 13.5. The standard InChI is InChI=1S/C10H6Cl2FNO/c11-4-6-5-15-10(14-6)7-2-1-3-8(12)9(7)13/h1-3,5H,4H2. The minimum atomic E-state index is -0.540. The predicted octanol–water partition coefficient (Wildman–Crippen LogP) is 3.87. The summed E-state index contributed by atoms with van der Waals surface area (Å²) < 4.78 is 18.6. The first-order chi connectivity index (χ1) is 7.22. The molecule has 78 valence electrons. The highest BCUT2D eigenvalue weighted by Crippen LogP contribution is 2.27. The van der Waals surface area contributed by atoms with Crippen molar-refractivity contribution in [2.45, 2.75) is 5.88 Å². The number of alkyl halides is 1. The monoisotopic (exact) mass is 245 g/mol. The lowest BCUT2D eigenvalue weighted by molar-refractivity contribution is 0.561. The molecule has 0 aliphatic rings. The Hall–Kier alpha value is -1.06. The molecule has 1 aromatic heterocycles. The van der Waals surface area contributed by atoms with Crippen LogP contribution in [0.1, 0.15) is 5.69 Å². The predicted molar refractivity (Wildman–Crippen MR) is 56.5 cm³/mol. The van der Waals surface area contributed by atoms with Crippen molar-refractivity contribution < 1.29 is 8.81 Å². The number of rotatable bonds is 2. The zero-order valence-electron chi connectivity index (χ0n) is 7.51. The summed E-state index contributed by atoms with van der Waals surface area (Å²) in [5.74, 6) is -0.126. The van der Waals surface area contributed by atoms with E-state index in [1.54, 1.807) is 12.1 Å². The third kappa shape index (κ3) is 1.98. The summed E-state index contributed by atoms with van der Waals surface area (Å²) in [6.07, 6.45) is 1.39. The number of nitrogens with zero attached hydrogens (tertiary/aromatic N) is 1. The first-order valence-corrected chi connectivity index (χ1v) is 5.08. The average molecular weight is 246 g/mol. The van der Waals surface area contributed by atoms with Crippen LogP contribution in [0.5, 0.6) is 0 Å². The van der Waals surface area contributed by atoms with Crippen molar-refractivity contribution >= 4 is 23.2 Å². The second-order valence-electron chi connectivity index (χ2n) is 2.88. The molecule has 0 saturated heterocycles. The van der Waals surface area contributed by atoms with Crippen LogP contribution in [0.4, 0.5) is 4.39 Å². The van der Waals surface area contributed by atoms with Gasteiger partial charge in [0, 0.05) is 0 Å². The lowest BCUT2D eigenvalue weighted by atomic mass is 10.2. The summed E-state index contributed by atoms with van der Waals surface area (Å²) >= 11 is 11.2. The second-order valence-corrected chi connectivity index (χ2v) is 3.55. The summed E-state index contributed by atoms with van der Waals surface area (Å²) in [6, 6.07) is 4.64. The van der Waals surface area contributed by atoms with Gasteiger partial charge in [-0.2, -0.15) is 0 Å². The van der Waals surface area contributed by atoms with E-state index in [9.17, 15) is 4.39 Å². The van der Waals surface area contributed by atoms with Gasteiger partial charge in [0.2, 0.25) is 5.89 Å². The Bertz CT molecular complexity index is 484. The molecule has 2 rings (SSSR count). The third-order valence-corrected chi connectivity index (χ3v) is 2.44. The van der Waals surface area contributed by atoms with Gasteiger partial charge in [-0.25, -0.2) is 9.37 Å². The molecule has 0 spiro atoms. The Balaban J connectivity index is 2.49. The van der Waals surface area contributed by atoms with Crippen LogP contribution >= 0.6 is 23.2 Å². The molecule has 0 atom stereocenters. The van der Waals surface area contributed by atoms with Gasteiger partial charge >= 0.3 is 0 Å². The van der Waals surface area contributed by atoms with Crippen molar-refractivity contribution in [3.05, 3.63) is 41.0 Å². The lowest BCUT2D eigenvalue weighted by Crippen LogP contribution is -1.86. The van der Waals surface area contributed by atoms with Gasteiger partial charge in [-0.05, 0) is 12.1 Å². The van der Waals surface area contributed by atoms with Crippen LogP contribution in [0.3, 0.4) is 0 Å². The highest BCUT2D eigenvalue weighted by atomic mass is 35.5. The van der Waals surface area contributed by atoms with Crippen LogP contribution < -0.4 is 0 Å². The number of halogens is 3. The molecule has 0 bridgehead atoms. The van der Waals surface area contributed by atoms with Gasteiger partial charge < -0.3 is 4.42 Å². The molecule has 0 saturated carbocycles. The second kappa shape index (κ2) is 4.21. The Kier molecular flexibility index (Phi) is 2.93. The van der Waals surface area contributed by atoms with E-state index in [4.69, 9.17) is 27.6 Å². The molecule has 0 fully saturated rings. The Morgan fingerprint density at radius 1 is 1.40 bits per heavy atom. The zero-order valence-corrected chi connectivity index (χ0v) is 9.02. The summed E-state index contributed by atoms with van der Waals surface area (Å²) in [5.41, 5.74) is 0.796. The Morgan fingerprint density at radius 2 is 2.20 bits per heavy atom. The average Bonchev–Trinajstić information content (AvgIpc) is 2.70. The molecule has 1 heterocycles. The fourth-order valence-corrected chi connectivity index (χ4v) is 1.46. The first-order valence-electron chi connectivity index (χ1n) is 4.17. The third-order valence-electron chi connectivity index (χ3n) is 1.87. The van der Waals surface area contributed by atoms with Crippen LogP contribution in [0.25, 0.3) is 11.5 Å². The molecule has 2 aromatic rings. The van der Waals surface area contributed by atoms with E-state index in [-0.39, 0.29) is 22.4 Å². The van der Waals surface area contributed by atoms with E-state index in [0.717, 1.165) is 0 Å². The minimum Gasteiger partial charge on any atom is -0.444 e. The van der Waals surface area contributed by atoms with Gasteiger partial charge in [-0.3, -0.25) is 0 Å².